The van der Waals surface area contributed by atoms with Gasteiger partial charge in [-0.25, -0.2) is 8.42 Å². The standard InChI is InChI=1S/C19H20Cl2N2O3S/c1-13-5-6-14(20)11-18(13)22-19(24)16-12-15(7-8-17(16)21)27(25,26)23-9-3-2-4-10-23/h5-8,11-12H,2-4,9-10H2,1H3,(H,22,24). The van der Waals surface area contributed by atoms with Gasteiger partial charge in [-0.15, -0.1) is 0 Å². The molecule has 0 radical (unpaired) electrons. The maximum atomic E-state index is 12.9. The molecule has 0 spiro atoms. The first-order chi connectivity index (χ1) is 12.8. The van der Waals surface area contributed by atoms with Crippen LogP contribution in [0, 0.1) is 6.92 Å². The molecule has 0 unspecified atom stereocenters. The number of rotatable bonds is 4. The van der Waals surface area contributed by atoms with Gasteiger partial charge in [-0.1, -0.05) is 35.7 Å². The second kappa shape index (κ2) is 8.19. The monoisotopic (exact) mass is 426 g/mol. The molecule has 1 aliphatic heterocycles. The average molecular weight is 427 g/mol. The van der Waals surface area contributed by atoms with E-state index in [4.69, 9.17) is 23.2 Å². The molecule has 1 amide bonds. The van der Waals surface area contributed by atoms with E-state index in [1.807, 2.05) is 6.92 Å². The number of anilines is 1. The van der Waals surface area contributed by atoms with Crippen LogP contribution >= 0.6 is 23.2 Å². The topological polar surface area (TPSA) is 66.5 Å². The van der Waals surface area contributed by atoms with Crippen LogP contribution in [0.15, 0.2) is 41.3 Å². The molecule has 3 rings (SSSR count). The van der Waals surface area contributed by atoms with Crippen molar-refractivity contribution in [2.45, 2.75) is 31.1 Å². The van der Waals surface area contributed by atoms with Crippen molar-refractivity contribution in [2.24, 2.45) is 0 Å². The fraction of sp³-hybridized carbons (Fsp3) is 0.316. The third kappa shape index (κ3) is 4.46. The van der Waals surface area contributed by atoms with Gasteiger partial charge in [0, 0.05) is 23.8 Å². The van der Waals surface area contributed by atoms with Crippen LogP contribution < -0.4 is 5.32 Å². The highest BCUT2D eigenvalue weighted by molar-refractivity contribution is 7.89. The first-order valence-corrected chi connectivity index (χ1v) is 10.9. The highest BCUT2D eigenvalue weighted by atomic mass is 35.5. The zero-order chi connectivity index (χ0) is 19.6. The number of carbonyl (C=O) groups is 1. The van der Waals surface area contributed by atoms with E-state index in [2.05, 4.69) is 5.32 Å². The molecule has 1 saturated heterocycles. The van der Waals surface area contributed by atoms with Gasteiger partial charge in [-0.2, -0.15) is 4.31 Å². The first kappa shape index (κ1) is 20.1. The second-order valence-electron chi connectivity index (χ2n) is 6.52. The third-order valence-electron chi connectivity index (χ3n) is 4.58. The van der Waals surface area contributed by atoms with Gasteiger partial charge in [-0.05, 0) is 55.7 Å². The van der Waals surface area contributed by atoms with Crippen molar-refractivity contribution < 1.29 is 13.2 Å². The lowest BCUT2D eigenvalue weighted by molar-refractivity contribution is 0.102. The minimum absolute atomic E-state index is 0.0711. The van der Waals surface area contributed by atoms with E-state index in [-0.39, 0.29) is 15.5 Å². The van der Waals surface area contributed by atoms with Gasteiger partial charge in [0.15, 0.2) is 0 Å². The molecule has 2 aromatic rings. The third-order valence-corrected chi connectivity index (χ3v) is 7.04. The van der Waals surface area contributed by atoms with Crippen molar-refractivity contribution in [3.63, 3.8) is 0 Å². The molecule has 0 aromatic heterocycles. The molecule has 5 nitrogen and oxygen atoms in total. The van der Waals surface area contributed by atoms with Crippen molar-refractivity contribution >= 4 is 44.8 Å². The molecular weight excluding hydrogens is 407 g/mol. The Kier molecular flexibility index (Phi) is 6.11. The predicted octanol–water partition coefficient (Wildman–Crippen LogP) is 4.73. The highest BCUT2D eigenvalue weighted by Gasteiger charge is 2.27. The first-order valence-electron chi connectivity index (χ1n) is 8.66. The molecule has 0 saturated carbocycles. The van der Waals surface area contributed by atoms with Crippen molar-refractivity contribution in [3.05, 3.63) is 57.6 Å². The number of benzene rings is 2. The number of hydrogen-bond acceptors (Lipinski definition) is 3. The van der Waals surface area contributed by atoms with Crippen molar-refractivity contribution in [1.82, 2.24) is 4.31 Å². The molecule has 1 heterocycles. The zero-order valence-electron chi connectivity index (χ0n) is 14.8. The van der Waals surface area contributed by atoms with Crippen molar-refractivity contribution in [3.8, 4) is 0 Å². The molecular formula is C19H20Cl2N2O3S. The molecule has 0 aliphatic carbocycles. The fourth-order valence-corrected chi connectivity index (χ4v) is 4.93. The van der Waals surface area contributed by atoms with Crippen LogP contribution in [0.3, 0.4) is 0 Å². The maximum absolute atomic E-state index is 12.9. The predicted molar refractivity (Wildman–Crippen MR) is 108 cm³/mol. The Labute approximate surface area is 169 Å². The van der Waals surface area contributed by atoms with Crippen molar-refractivity contribution in [2.75, 3.05) is 18.4 Å². The molecule has 144 valence electrons. The number of amides is 1. The Morgan fingerprint density at radius 3 is 2.44 bits per heavy atom. The van der Waals surface area contributed by atoms with E-state index in [0.717, 1.165) is 24.8 Å². The smallest absolute Gasteiger partial charge is 0.257 e. The molecule has 2 aromatic carbocycles. The average Bonchev–Trinajstić information content (AvgIpc) is 2.65. The summed E-state index contributed by atoms with van der Waals surface area (Å²) < 4.78 is 27.2. The molecule has 27 heavy (non-hydrogen) atoms. The maximum Gasteiger partial charge on any atom is 0.257 e. The Morgan fingerprint density at radius 1 is 1.04 bits per heavy atom. The van der Waals surface area contributed by atoms with E-state index in [1.54, 1.807) is 18.2 Å². The molecule has 1 N–H and O–H groups in total. The van der Waals surface area contributed by atoms with Crippen LogP contribution in [-0.2, 0) is 10.0 Å². The van der Waals surface area contributed by atoms with Crippen LogP contribution in [0.1, 0.15) is 35.2 Å². The molecule has 8 heteroatoms. The molecule has 0 bridgehead atoms. The molecule has 1 aliphatic rings. The fourth-order valence-electron chi connectivity index (χ4n) is 3.01. The van der Waals surface area contributed by atoms with Crippen LogP contribution in [0.4, 0.5) is 5.69 Å². The summed E-state index contributed by atoms with van der Waals surface area (Å²) >= 11 is 12.2. The summed E-state index contributed by atoms with van der Waals surface area (Å²) in [6.45, 7) is 2.83. The Morgan fingerprint density at radius 2 is 1.74 bits per heavy atom. The summed E-state index contributed by atoms with van der Waals surface area (Å²) in [5.41, 5.74) is 1.49. The normalized spacial score (nSPS) is 15.5. The second-order valence-corrected chi connectivity index (χ2v) is 9.30. The summed E-state index contributed by atoms with van der Waals surface area (Å²) in [5, 5.41) is 3.42. The SMILES string of the molecule is Cc1ccc(Cl)cc1NC(=O)c1cc(S(=O)(=O)N2CCCCC2)ccc1Cl. The van der Waals surface area contributed by atoms with Crippen molar-refractivity contribution in [1.29, 1.82) is 0 Å². The van der Waals surface area contributed by atoms with Crippen LogP contribution in [0.5, 0.6) is 0 Å². The number of piperidine rings is 1. The lowest BCUT2D eigenvalue weighted by atomic mass is 10.1. The number of halogens is 2. The number of carbonyl (C=O) groups excluding carboxylic acids is 1. The number of aryl methyl sites for hydroxylation is 1. The highest BCUT2D eigenvalue weighted by Crippen LogP contribution is 2.27. The summed E-state index contributed by atoms with van der Waals surface area (Å²) in [5.74, 6) is -0.485. The summed E-state index contributed by atoms with van der Waals surface area (Å²) in [4.78, 5) is 12.8. The Bertz CT molecular complexity index is 971. The Balaban J connectivity index is 1.91. The number of hydrogen-bond donors (Lipinski definition) is 1. The lowest BCUT2D eigenvalue weighted by Gasteiger charge is -2.26. The van der Waals surface area contributed by atoms with Crippen LogP contribution in [0.2, 0.25) is 10.0 Å². The van der Waals surface area contributed by atoms with E-state index in [1.165, 1.54) is 22.5 Å². The molecule has 0 atom stereocenters. The van der Waals surface area contributed by atoms with E-state index in [9.17, 15) is 13.2 Å². The quantitative estimate of drug-likeness (QED) is 0.767. The zero-order valence-corrected chi connectivity index (χ0v) is 17.2. The van der Waals surface area contributed by atoms with E-state index in [0.29, 0.717) is 23.8 Å². The van der Waals surface area contributed by atoms with E-state index < -0.39 is 15.9 Å². The van der Waals surface area contributed by atoms with Gasteiger partial charge in [0.1, 0.15) is 0 Å². The van der Waals surface area contributed by atoms with Gasteiger partial charge in [0.2, 0.25) is 10.0 Å². The number of nitrogens with zero attached hydrogens (tertiary/aromatic N) is 1. The minimum atomic E-state index is -3.65. The minimum Gasteiger partial charge on any atom is -0.322 e. The van der Waals surface area contributed by atoms with Gasteiger partial charge >= 0.3 is 0 Å². The number of nitrogens with one attached hydrogen (secondary N) is 1. The van der Waals surface area contributed by atoms with Gasteiger partial charge in [0.25, 0.3) is 5.91 Å². The summed E-state index contributed by atoms with van der Waals surface area (Å²) in [6, 6.07) is 9.37. The van der Waals surface area contributed by atoms with Gasteiger partial charge in [-0.3, -0.25) is 4.79 Å². The Hall–Kier alpha value is -1.60. The van der Waals surface area contributed by atoms with Gasteiger partial charge in [0.05, 0.1) is 15.5 Å². The lowest BCUT2D eigenvalue weighted by Crippen LogP contribution is -2.35. The number of sulfonamides is 1. The van der Waals surface area contributed by atoms with Crippen LogP contribution in [-0.4, -0.2) is 31.7 Å². The van der Waals surface area contributed by atoms with Gasteiger partial charge < -0.3 is 5.32 Å². The summed E-state index contributed by atoms with van der Waals surface area (Å²) in [7, 11) is -3.65. The molecule has 1 fully saturated rings. The van der Waals surface area contributed by atoms with Crippen LogP contribution in [0.25, 0.3) is 0 Å². The largest absolute Gasteiger partial charge is 0.322 e. The van der Waals surface area contributed by atoms with E-state index >= 15 is 0 Å². The summed E-state index contributed by atoms with van der Waals surface area (Å²) in [6.07, 6.45) is 2.71.